The van der Waals surface area contributed by atoms with E-state index in [1.807, 2.05) is 31.2 Å². The van der Waals surface area contributed by atoms with Gasteiger partial charge in [0.15, 0.2) is 5.96 Å². The Labute approximate surface area is 114 Å². The van der Waals surface area contributed by atoms with E-state index in [9.17, 15) is 0 Å². The fourth-order valence-electron chi connectivity index (χ4n) is 1.67. The lowest BCUT2D eigenvalue weighted by atomic mass is 10.1. The molecule has 3 N–H and O–H groups in total. The number of ether oxygens (including phenoxy) is 2. The molecule has 19 heavy (non-hydrogen) atoms. The molecule has 0 aromatic heterocycles. The van der Waals surface area contributed by atoms with E-state index in [-0.39, 0.29) is 6.04 Å². The van der Waals surface area contributed by atoms with Crippen molar-refractivity contribution in [1.29, 1.82) is 0 Å². The summed E-state index contributed by atoms with van der Waals surface area (Å²) >= 11 is 0. The average Bonchev–Trinajstić information content (AvgIpc) is 2.38. The van der Waals surface area contributed by atoms with Gasteiger partial charge in [0.1, 0.15) is 0 Å². The standard InChI is InChI=1S/C14H23N3O2/c1-11(9-18-2)17-14(15)16-8-12-4-6-13(7-5-12)10-19-3/h4-7,11H,8-10H2,1-3H3,(H3,15,16,17). The Bertz CT molecular complexity index is 390. The number of hydrogen-bond acceptors (Lipinski definition) is 3. The minimum absolute atomic E-state index is 0.151. The zero-order chi connectivity index (χ0) is 14.1. The number of benzene rings is 1. The predicted molar refractivity (Wildman–Crippen MR) is 77.0 cm³/mol. The number of rotatable bonds is 7. The molecule has 1 unspecified atom stereocenters. The van der Waals surface area contributed by atoms with E-state index in [4.69, 9.17) is 15.2 Å². The van der Waals surface area contributed by atoms with E-state index < -0.39 is 0 Å². The quantitative estimate of drug-likeness (QED) is 0.575. The zero-order valence-corrected chi connectivity index (χ0v) is 11.8. The fraction of sp³-hybridized carbons (Fsp3) is 0.500. The second-order valence-corrected chi connectivity index (χ2v) is 4.45. The molecule has 106 valence electrons. The molecular weight excluding hydrogens is 242 g/mol. The summed E-state index contributed by atoms with van der Waals surface area (Å²) in [5, 5.41) is 3.07. The fourth-order valence-corrected chi connectivity index (χ4v) is 1.67. The van der Waals surface area contributed by atoms with Crippen LogP contribution in [0.15, 0.2) is 29.3 Å². The summed E-state index contributed by atoms with van der Waals surface area (Å²) in [5.74, 6) is 0.436. The summed E-state index contributed by atoms with van der Waals surface area (Å²) in [6.07, 6.45) is 0. The van der Waals surface area contributed by atoms with Crippen LogP contribution in [0.4, 0.5) is 0 Å². The smallest absolute Gasteiger partial charge is 0.189 e. The number of methoxy groups -OCH3 is 2. The van der Waals surface area contributed by atoms with E-state index in [1.165, 1.54) is 0 Å². The maximum absolute atomic E-state index is 5.79. The van der Waals surface area contributed by atoms with Gasteiger partial charge in [0.05, 0.1) is 19.8 Å². The summed E-state index contributed by atoms with van der Waals surface area (Å²) in [6.45, 7) is 3.78. The summed E-state index contributed by atoms with van der Waals surface area (Å²) in [5.41, 5.74) is 8.06. The third-order valence-corrected chi connectivity index (χ3v) is 2.58. The number of guanidine groups is 1. The van der Waals surface area contributed by atoms with Crippen molar-refractivity contribution in [2.45, 2.75) is 26.1 Å². The Balaban J connectivity index is 2.45. The van der Waals surface area contributed by atoms with Gasteiger partial charge in [0.25, 0.3) is 0 Å². The van der Waals surface area contributed by atoms with E-state index in [0.717, 1.165) is 11.1 Å². The second-order valence-electron chi connectivity index (χ2n) is 4.45. The Hall–Kier alpha value is -1.59. The van der Waals surface area contributed by atoms with Crippen LogP contribution in [0.5, 0.6) is 0 Å². The molecule has 0 bridgehead atoms. The predicted octanol–water partition coefficient (Wildman–Crippen LogP) is 1.27. The topological polar surface area (TPSA) is 68.9 Å². The first kappa shape index (κ1) is 15.5. The molecule has 5 heteroatoms. The van der Waals surface area contributed by atoms with Crippen molar-refractivity contribution in [3.63, 3.8) is 0 Å². The lowest BCUT2D eigenvalue weighted by Crippen LogP contribution is -2.40. The highest BCUT2D eigenvalue weighted by Crippen LogP contribution is 2.06. The van der Waals surface area contributed by atoms with Gasteiger partial charge >= 0.3 is 0 Å². The molecule has 0 amide bonds. The van der Waals surface area contributed by atoms with Gasteiger partial charge in [-0.15, -0.1) is 0 Å². The summed E-state index contributed by atoms with van der Waals surface area (Å²) < 4.78 is 10.1. The van der Waals surface area contributed by atoms with E-state index in [2.05, 4.69) is 10.3 Å². The third-order valence-electron chi connectivity index (χ3n) is 2.58. The van der Waals surface area contributed by atoms with Crippen molar-refractivity contribution in [3.8, 4) is 0 Å². The molecule has 1 aromatic rings. The third kappa shape index (κ3) is 6.22. The summed E-state index contributed by atoms with van der Waals surface area (Å²) in [6, 6.07) is 8.28. The SMILES string of the molecule is COCc1ccc(CN=C(N)NC(C)COC)cc1. The molecule has 5 nitrogen and oxygen atoms in total. The van der Waals surface area contributed by atoms with Crippen LogP contribution in [0, 0.1) is 0 Å². The highest BCUT2D eigenvalue weighted by atomic mass is 16.5. The molecule has 0 saturated heterocycles. The first-order valence-electron chi connectivity index (χ1n) is 6.28. The molecular formula is C14H23N3O2. The van der Waals surface area contributed by atoms with Crippen molar-refractivity contribution in [2.24, 2.45) is 10.7 Å². The van der Waals surface area contributed by atoms with Gasteiger partial charge in [-0.05, 0) is 18.1 Å². The van der Waals surface area contributed by atoms with Gasteiger partial charge < -0.3 is 20.5 Å². The van der Waals surface area contributed by atoms with E-state index in [1.54, 1.807) is 14.2 Å². The molecule has 0 radical (unpaired) electrons. The van der Waals surface area contributed by atoms with E-state index in [0.29, 0.717) is 25.7 Å². The summed E-state index contributed by atoms with van der Waals surface area (Å²) in [4.78, 5) is 4.29. The number of nitrogens with one attached hydrogen (secondary N) is 1. The first-order valence-corrected chi connectivity index (χ1v) is 6.28. The second kappa shape index (κ2) is 8.50. The Morgan fingerprint density at radius 1 is 1.21 bits per heavy atom. The molecule has 0 spiro atoms. The van der Waals surface area contributed by atoms with Crippen LogP contribution in [0.25, 0.3) is 0 Å². The monoisotopic (exact) mass is 265 g/mol. The molecule has 0 saturated carbocycles. The molecule has 0 aliphatic rings. The minimum Gasteiger partial charge on any atom is -0.383 e. The maximum atomic E-state index is 5.79. The number of nitrogens with zero attached hydrogens (tertiary/aromatic N) is 1. The first-order chi connectivity index (χ1) is 9.15. The van der Waals surface area contributed by atoms with E-state index >= 15 is 0 Å². The van der Waals surface area contributed by atoms with Gasteiger partial charge in [-0.25, -0.2) is 4.99 Å². The van der Waals surface area contributed by atoms with Crippen molar-refractivity contribution in [2.75, 3.05) is 20.8 Å². The number of hydrogen-bond donors (Lipinski definition) is 2. The van der Waals surface area contributed by atoms with Crippen molar-refractivity contribution < 1.29 is 9.47 Å². The van der Waals surface area contributed by atoms with Gasteiger partial charge in [-0.3, -0.25) is 0 Å². The van der Waals surface area contributed by atoms with Crippen LogP contribution in [0.3, 0.4) is 0 Å². The molecule has 0 aliphatic heterocycles. The van der Waals surface area contributed by atoms with Crippen LogP contribution in [0.2, 0.25) is 0 Å². The van der Waals surface area contributed by atoms with Gasteiger partial charge in [0, 0.05) is 20.3 Å². The Morgan fingerprint density at radius 2 is 1.84 bits per heavy atom. The Morgan fingerprint density at radius 3 is 2.42 bits per heavy atom. The Kier molecular flexibility index (Phi) is 6.92. The zero-order valence-electron chi connectivity index (χ0n) is 11.8. The molecule has 1 aromatic carbocycles. The lowest BCUT2D eigenvalue weighted by molar-refractivity contribution is 0.179. The van der Waals surface area contributed by atoms with Crippen LogP contribution in [0.1, 0.15) is 18.1 Å². The van der Waals surface area contributed by atoms with Crippen LogP contribution in [-0.4, -0.2) is 32.8 Å². The molecule has 0 heterocycles. The van der Waals surface area contributed by atoms with Crippen LogP contribution in [-0.2, 0) is 22.6 Å². The lowest BCUT2D eigenvalue weighted by Gasteiger charge is -2.13. The largest absolute Gasteiger partial charge is 0.383 e. The normalized spacial score (nSPS) is 13.3. The van der Waals surface area contributed by atoms with Crippen molar-refractivity contribution >= 4 is 5.96 Å². The molecule has 1 rings (SSSR count). The number of aliphatic imine (C=N–C) groups is 1. The van der Waals surface area contributed by atoms with Gasteiger partial charge in [-0.1, -0.05) is 24.3 Å². The summed E-state index contributed by atoms with van der Waals surface area (Å²) in [7, 11) is 3.35. The van der Waals surface area contributed by atoms with Crippen molar-refractivity contribution in [1.82, 2.24) is 5.32 Å². The molecule has 0 aliphatic carbocycles. The highest BCUT2D eigenvalue weighted by molar-refractivity contribution is 5.78. The van der Waals surface area contributed by atoms with Gasteiger partial charge in [0.2, 0.25) is 0 Å². The van der Waals surface area contributed by atoms with Crippen LogP contribution >= 0.6 is 0 Å². The van der Waals surface area contributed by atoms with Crippen LogP contribution < -0.4 is 11.1 Å². The molecule has 0 fully saturated rings. The number of nitrogens with two attached hydrogens (primary N) is 1. The van der Waals surface area contributed by atoms with Gasteiger partial charge in [-0.2, -0.15) is 0 Å². The highest BCUT2D eigenvalue weighted by Gasteiger charge is 2.01. The minimum atomic E-state index is 0.151. The maximum Gasteiger partial charge on any atom is 0.189 e. The average molecular weight is 265 g/mol. The molecule has 1 atom stereocenters. The van der Waals surface area contributed by atoms with Crippen molar-refractivity contribution in [3.05, 3.63) is 35.4 Å².